The number of nitrogens with one attached hydrogen (secondary N) is 1. The van der Waals surface area contributed by atoms with Crippen molar-refractivity contribution in [3.63, 3.8) is 0 Å². The number of nitrogens with zero attached hydrogens (tertiary/aromatic N) is 4. The Morgan fingerprint density at radius 1 is 1.58 bits per heavy atom. The third kappa shape index (κ3) is 3.10. The van der Waals surface area contributed by atoms with Crippen LogP contribution in [-0.2, 0) is 6.42 Å². The zero-order valence-corrected chi connectivity index (χ0v) is 11.6. The number of aromatic nitrogens is 3. The number of aromatic amines is 1. The first-order chi connectivity index (χ1) is 9.01. The second-order valence-corrected chi connectivity index (χ2v) is 5.22. The van der Waals surface area contributed by atoms with Gasteiger partial charge >= 0.3 is 0 Å². The molecular formula is C12H21N5O2. The smallest absolute Gasteiger partial charge is 0.293 e. The van der Waals surface area contributed by atoms with Crippen LogP contribution in [0.15, 0.2) is 0 Å². The number of carbonyl (C=O) groups excluding carboxylic acids is 1. The number of aliphatic hydroxyl groups is 1. The van der Waals surface area contributed by atoms with E-state index in [2.05, 4.69) is 15.2 Å². The number of likely N-dealkylation sites (tertiary alicyclic amines) is 1. The van der Waals surface area contributed by atoms with E-state index in [1.165, 1.54) is 0 Å². The third-order valence-electron chi connectivity index (χ3n) is 3.29. The number of aryl methyl sites for hydroxylation is 1. The number of carbonyl (C=O) groups is 1. The first kappa shape index (κ1) is 14.0. The summed E-state index contributed by atoms with van der Waals surface area (Å²) < 4.78 is 0. The Morgan fingerprint density at radius 2 is 2.32 bits per heavy atom. The van der Waals surface area contributed by atoms with Crippen molar-refractivity contribution < 1.29 is 9.90 Å². The molecule has 2 N–H and O–H groups in total. The minimum absolute atomic E-state index is 0.0149. The van der Waals surface area contributed by atoms with E-state index in [-0.39, 0.29) is 17.8 Å². The highest BCUT2D eigenvalue weighted by atomic mass is 16.3. The Morgan fingerprint density at radius 3 is 2.89 bits per heavy atom. The molecular weight excluding hydrogens is 246 g/mol. The maximum absolute atomic E-state index is 12.4. The molecule has 1 aromatic rings. The third-order valence-corrected chi connectivity index (χ3v) is 3.29. The van der Waals surface area contributed by atoms with Crippen LogP contribution in [-0.4, -0.2) is 75.3 Å². The van der Waals surface area contributed by atoms with Gasteiger partial charge in [-0.15, -0.1) is 5.10 Å². The first-order valence-corrected chi connectivity index (χ1v) is 6.56. The maximum atomic E-state index is 12.4. The minimum Gasteiger partial charge on any atom is -0.391 e. The summed E-state index contributed by atoms with van der Waals surface area (Å²) in [6, 6.07) is 0.0149. The van der Waals surface area contributed by atoms with E-state index in [0.717, 1.165) is 6.54 Å². The second kappa shape index (κ2) is 5.66. The van der Waals surface area contributed by atoms with Gasteiger partial charge in [0.25, 0.3) is 5.91 Å². The van der Waals surface area contributed by atoms with Gasteiger partial charge in [0.05, 0.1) is 6.10 Å². The molecule has 0 bridgehead atoms. The van der Waals surface area contributed by atoms with Gasteiger partial charge in [-0.05, 0) is 20.5 Å². The molecule has 1 amide bonds. The van der Waals surface area contributed by atoms with Crippen LogP contribution in [0.2, 0.25) is 0 Å². The molecule has 2 unspecified atom stereocenters. The Labute approximate surface area is 112 Å². The zero-order valence-electron chi connectivity index (χ0n) is 11.6. The molecule has 0 aliphatic carbocycles. The average Bonchev–Trinajstić information content (AvgIpc) is 2.94. The van der Waals surface area contributed by atoms with Crippen LogP contribution in [0.3, 0.4) is 0 Å². The van der Waals surface area contributed by atoms with Crippen molar-refractivity contribution in [1.82, 2.24) is 25.0 Å². The predicted octanol–water partition coefficient (Wildman–Crippen LogP) is -0.496. The van der Waals surface area contributed by atoms with Gasteiger partial charge in [0.2, 0.25) is 5.82 Å². The first-order valence-electron chi connectivity index (χ1n) is 6.56. The van der Waals surface area contributed by atoms with E-state index in [9.17, 15) is 9.90 Å². The highest BCUT2D eigenvalue weighted by molar-refractivity contribution is 5.90. The maximum Gasteiger partial charge on any atom is 0.293 e. The summed E-state index contributed by atoms with van der Waals surface area (Å²) in [4.78, 5) is 20.2. The van der Waals surface area contributed by atoms with Gasteiger partial charge in [0.1, 0.15) is 5.82 Å². The quantitative estimate of drug-likeness (QED) is 0.768. The number of aliphatic hydroxyl groups excluding tert-OH is 1. The van der Waals surface area contributed by atoms with Crippen LogP contribution in [0.25, 0.3) is 0 Å². The molecule has 1 aromatic heterocycles. The predicted molar refractivity (Wildman–Crippen MR) is 69.8 cm³/mol. The molecule has 0 spiro atoms. The molecule has 2 heterocycles. The highest BCUT2D eigenvalue weighted by Gasteiger charge is 2.36. The Bertz CT molecular complexity index is 445. The van der Waals surface area contributed by atoms with Crippen molar-refractivity contribution in [2.24, 2.45) is 0 Å². The lowest BCUT2D eigenvalue weighted by Crippen LogP contribution is -2.41. The van der Waals surface area contributed by atoms with Crippen molar-refractivity contribution in [1.29, 1.82) is 0 Å². The number of hydrogen-bond acceptors (Lipinski definition) is 5. The lowest BCUT2D eigenvalue weighted by molar-refractivity contribution is 0.0687. The topological polar surface area (TPSA) is 85.3 Å². The fraction of sp³-hybridized carbons (Fsp3) is 0.750. The summed E-state index contributed by atoms with van der Waals surface area (Å²) in [7, 11) is 3.91. The summed E-state index contributed by atoms with van der Waals surface area (Å²) >= 11 is 0. The van der Waals surface area contributed by atoms with Gasteiger partial charge < -0.3 is 14.9 Å². The highest BCUT2D eigenvalue weighted by Crippen LogP contribution is 2.20. The van der Waals surface area contributed by atoms with E-state index >= 15 is 0 Å². The van der Waals surface area contributed by atoms with Gasteiger partial charge in [-0.25, -0.2) is 4.98 Å². The molecule has 7 heteroatoms. The largest absolute Gasteiger partial charge is 0.391 e. The van der Waals surface area contributed by atoms with Gasteiger partial charge in [-0.1, -0.05) is 6.92 Å². The summed E-state index contributed by atoms with van der Waals surface area (Å²) in [5, 5.41) is 16.5. The fourth-order valence-electron chi connectivity index (χ4n) is 2.41. The van der Waals surface area contributed by atoms with Crippen molar-refractivity contribution in [2.75, 3.05) is 27.2 Å². The second-order valence-electron chi connectivity index (χ2n) is 5.22. The molecule has 7 nitrogen and oxygen atoms in total. The molecule has 0 radical (unpaired) electrons. The molecule has 1 fully saturated rings. The lowest BCUT2D eigenvalue weighted by Gasteiger charge is -2.25. The van der Waals surface area contributed by atoms with E-state index in [4.69, 9.17) is 0 Å². The summed E-state index contributed by atoms with van der Waals surface area (Å²) in [5.74, 6) is 0.682. The molecule has 106 valence electrons. The minimum atomic E-state index is -0.460. The summed E-state index contributed by atoms with van der Waals surface area (Å²) in [6.07, 6.45) is 0.859. The van der Waals surface area contributed by atoms with E-state index in [1.54, 1.807) is 4.90 Å². The SMILES string of the molecule is CCc1nc(C(=O)N2CC(O)CC2CN(C)C)n[nH]1. The normalized spacial score (nSPS) is 23.3. The molecule has 1 aliphatic heterocycles. The summed E-state index contributed by atoms with van der Waals surface area (Å²) in [6.45, 7) is 3.03. The molecule has 1 aliphatic rings. The fourth-order valence-corrected chi connectivity index (χ4v) is 2.41. The van der Waals surface area contributed by atoms with Crippen molar-refractivity contribution in [3.05, 3.63) is 11.6 Å². The monoisotopic (exact) mass is 267 g/mol. The standard InChI is InChI=1S/C12H21N5O2/c1-4-10-13-11(15-14-10)12(19)17-7-9(18)5-8(17)6-16(2)3/h8-9,18H,4-7H2,1-3H3,(H,13,14,15). The van der Waals surface area contributed by atoms with Crippen LogP contribution in [0.5, 0.6) is 0 Å². The average molecular weight is 267 g/mol. The number of likely N-dealkylation sites (N-methyl/N-ethyl adjacent to an activating group) is 1. The van der Waals surface area contributed by atoms with Gasteiger partial charge in [0, 0.05) is 25.6 Å². The lowest BCUT2D eigenvalue weighted by atomic mass is 10.2. The van der Waals surface area contributed by atoms with Gasteiger partial charge in [-0.3, -0.25) is 9.89 Å². The van der Waals surface area contributed by atoms with E-state index in [1.807, 2.05) is 25.9 Å². The van der Waals surface area contributed by atoms with Crippen LogP contribution >= 0.6 is 0 Å². The van der Waals surface area contributed by atoms with Gasteiger partial charge in [0.15, 0.2) is 0 Å². The molecule has 1 saturated heterocycles. The number of amides is 1. The van der Waals surface area contributed by atoms with Crippen molar-refractivity contribution >= 4 is 5.91 Å². The van der Waals surface area contributed by atoms with E-state index in [0.29, 0.717) is 25.2 Å². The van der Waals surface area contributed by atoms with Crippen LogP contribution in [0.1, 0.15) is 29.8 Å². The van der Waals surface area contributed by atoms with Crippen molar-refractivity contribution in [2.45, 2.75) is 31.9 Å². The Balaban J connectivity index is 2.11. The van der Waals surface area contributed by atoms with Crippen LogP contribution < -0.4 is 0 Å². The number of H-pyrrole nitrogens is 1. The number of rotatable bonds is 4. The van der Waals surface area contributed by atoms with Crippen LogP contribution in [0.4, 0.5) is 0 Å². The Hall–Kier alpha value is -1.47. The summed E-state index contributed by atoms with van der Waals surface area (Å²) in [5.41, 5.74) is 0. The van der Waals surface area contributed by atoms with Gasteiger partial charge in [-0.2, -0.15) is 0 Å². The zero-order chi connectivity index (χ0) is 14.0. The van der Waals surface area contributed by atoms with Crippen molar-refractivity contribution in [3.8, 4) is 0 Å². The number of β-amino-alcohol motifs (C(OH)–C–C–N with tert-alkyl or cyclic N) is 1. The molecule has 0 saturated carbocycles. The molecule has 0 aromatic carbocycles. The molecule has 2 atom stereocenters. The number of hydrogen-bond donors (Lipinski definition) is 2. The molecule has 2 rings (SSSR count). The van der Waals surface area contributed by atoms with E-state index < -0.39 is 6.10 Å². The van der Waals surface area contributed by atoms with Crippen LogP contribution in [0, 0.1) is 0 Å². The Kier molecular flexibility index (Phi) is 4.16. The molecule has 19 heavy (non-hydrogen) atoms.